The van der Waals surface area contributed by atoms with Gasteiger partial charge in [0.05, 0.1) is 4.92 Å². The Hall–Kier alpha value is -3.03. The molecule has 1 heterocycles. The predicted molar refractivity (Wildman–Crippen MR) is 69.3 cm³/mol. The van der Waals surface area contributed by atoms with Gasteiger partial charge < -0.3 is 4.84 Å². The van der Waals surface area contributed by atoms with Crippen LogP contribution in [0.5, 0.6) is 0 Å². The molecule has 0 radical (unpaired) electrons. The Morgan fingerprint density at radius 2 is 1.95 bits per heavy atom. The number of rotatable bonds is 4. The number of hydrogen-bond donors (Lipinski definition) is 0. The number of carbonyl (C=O) groups excluding carboxylic acids is 3. The van der Waals surface area contributed by atoms with Crippen molar-refractivity contribution in [2.45, 2.75) is 12.8 Å². The number of hydrogen-bond acceptors (Lipinski definition) is 6. The molecule has 0 aliphatic carbocycles. The van der Waals surface area contributed by atoms with Crippen molar-refractivity contribution in [3.05, 3.63) is 46.0 Å². The van der Waals surface area contributed by atoms with Crippen LogP contribution < -0.4 is 0 Å². The maximum absolute atomic E-state index is 11.5. The van der Waals surface area contributed by atoms with Gasteiger partial charge in [0.2, 0.25) is 0 Å². The van der Waals surface area contributed by atoms with E-state index in [4.69, 9.17) is 0 Å². The molecular weight excluding hydrogens is 280 g/mol. The normalized spacial score (nSPS) is 14.8. The summed E-state index contributed by atoms with van der Waals surface area (Å²) in [4.78, 5) is 48.6. The highest BCUT2D eigenvalue weighted by atomic mass is 16.7. The van der Waals surface area contributed by atoms with E-state index < -0.39 is 22.7 Å². The second-order valence-electron chi connectivity index (χ2n) is 4.18. The zero-order valence-corrected chi connectivity index (χ0v) is 10.7. The van der Waals surface area contributed by atoms with E-state index in [0.29, 0.717) is 10.6 Å². The fourth-order valence-corrected chi connectivity index (χ4v) is 1.68. The molecule has 2 amide bonds. The lowest BCUT2D eigenvalue weighted by Gasteiger charge is -2.10. The number of nitrogens with zero attached hydrogens (tertiary/aromatic N) is 2. The van der Waals surface area contributed by atoms with Crippen LogP contribution >= 0.6 is 0 Å². The number of imide groups is 1. The van der Waals surface area contributed by atoms with Crippen LogP contribution in [0.1, 0.15) is 18.4 Å². The molecule has 21 heavy (non-hydrogen) atoms. The maximum atomic E-state index is 11.5. The van der Waals surface area contributed by atoms with E-state index in [2.05, 4.69) is 4.84 Å². The Bertz CT molecular complexity index is 636. The fraction of sp³-hybridized carbons (Fsp3) is 0.154. The first-order chi connectivity index (χ1) is 9.97. The highest BCUT2D eigenvalue weighted by Crippen LogP contribution is 2.15. The van der Waals surface area contributed by atoms with E-state index in [1.807, 2.05) is 0 Å². The summed E-state index contributed by atoms with van der Waals surface area (Å²) in [6.45, 7) is 0. The summed E-state index contributed by atoms with van der Waals surface area (Å²) >= 11 is 0. The van der Waals surface area contributed by atoms with Crippen LogP contribution in [0.15, 0.2) is 30.3 Å². The molecule has 8 nitrogen and oxygen atoms in total. The molecule has 1 aromatic rings. The summed E-state index contributed by atoms with van der Waals surface area (Å²) in [6.07, 6.45) is 2.31. The van der Waals surface area contributed by atoms with Crippen LogP contribution in [0.3, 0.4) is 0 Å². The quantitative estimate of drug-likeness (QED) is 0.357. The average Bonchev–Trinajstić information content (AvgIpc) is 2.77. The molecule has 0 N–H and O–H groups in total. The van der Waals surface area contributed by atoms with Gasteiger partial charge in [-0.1, -0.05) is 12.1 Å². The molecule has 0 aromatic heterocycles. The van der Waals surface area contributed by atoms with Crippen molar-refractivity contribution in [1.82, 2.24) is 5.06 Å². The summed E-state index contributed by atoms with van der Waals surface area (Å²) in [5, 5.41) is 11.0. The fourth-order valence-electron chi connectivity index (χ4n) is 1.68. The van der Waals surface area contributed by atoms with E-state index >= 15 is 0 Å². The van der Waals surface area contributed by atoms with Crippen LogP contribution in [-0.2, 0) is 19.2 Å². The van der Waals surface area contributed by atoms with Crippen molar-refractivity contribution in [2.75, 3.05) is 0 Å². The second-order valence-corrected chi connectivity index (χ2v) is 4.18. The standard InChI is InChI=1S/C13H10N2O6/c16-11-5-6-12(17)14(11)21-13(18)7-4-9-2-1-3-10(8-9)15(19)20/h1-4,7-8H,5-6H2/b7-4+. The zero-order chi connectivity index (χ0) is 15.4. The molecule has 1 aliphatic rings. The highest BCUT2D eigenvalue weighted by Gasteiger charge is 2.32. The average molecular weight is 290 g/mol. The van der Waals surface area contributed by atoms with Crippen LogP contribution in [0, 0.1) is 10.1 Å². The molecule has 8 heteroatoms. The van der Waals surface area contributed by atoms with Gasteiger partial charge in [-0.25, -0.2) is 4.79 Å². The Balaban J connectivity index is 2.02. The molecule has 0 spiro atoms. The van der Waals surface area contributed by atoms with Gasteiger partial charge in [-0.3, -0.25) is 19.7 Å². The number of non-ortho nitro benzene ring substituents is 1. The van der Waals surface area contributed by atoms with Gasteiger partial charge in [0.1, 0.15) is 0 Å². The lowest BCUT2D eigenvalue weighted by atomic mass is 10.2. The Morgan fingerprint density at radius 1 is 1.29 bits per heavy atom. The van der Waals surface area contributed by atoms with Gasteiger partial charge in [0.25, 0.3) is 17.5 Å². The summed E-state index contributed by atoms with van der Waals surface area (Å²) in [5.74, 6) is -2.06. The molecule has 0 atom stereocenters. The lowest BCUT2D eigenvalue weighted by molar-refractivity contribution is -0.384. The minimum absolute atomic E-state index is 0.0146. The number of benzene rings is 1. The number of carbonyl (C=O) groups is 3. The van der Waals surface area contributed by atoms with E-state index in [9.17, 15) is 24.5 Å². The van der Waals surface area contributed by atoms with Crippen molar-refractivity contribution >= 4 is 29.5 Å². The van der Waals surface area contributed by atoms with Crippen molar-refractivity contribution in [1.29, 1.82) is 0 Å². The molecule has 1 fully saturated rings. The largest absolute Gasteiger partial charge is 0.356 e. The van der Waals surface area contributed by atoms with Gasteiger partial charge in [0, 0.05) is 31.1 Å². The summed E-state index contributed by atoms with van der Waals surface area (Å²) < 4.78 is 0. The SMILES string of the molecule is O=C(/C=C/c1cccc([N+](=O)[O-])c1)ON1C(=O)CCC1=O. The Morgan fingerprint density at radius 3 is 2.57 bits per heavy atom. The minimum Gasteiger partial charge on any atom is -0.326 e. The molecule has 1 saturated heterocycles. The van der Waals surface area contributed by atoms with Crippen molar-refractivity contribution in [3.63, 3.8) is 0 Å². The maximum Gasteiger partial charge on any atom is 0.356 e. The molecule has 1 aliphatic heterocycles. The molecule has 0 bridgehead atoms. The number of amides is 2. The summed E-state index contributed by atoms with van der Waals surface area (Å²) in [7, 11) is 0. The zero-order valence-electron chi connectivity index (χ0n) is 10.7. The van der Waals surface area contributed by atoms with Crippen LogP contribution in [0.2, 0.25) is 0 Å². The Labute approximate surface area is 118 Å². The molecule has 1 aromatic carbocycles. The van der Waals surface area contributed by atoms with Gasteiger partial charge in [-0.2, -0.15) is 0 Å². The monoisotopic (exact) mass is 290 g/mol. The van der Waals surface area contributed by atoms with E-state index in [-0.39, 0.29) is 18.5 Å². The number of nitro groups is 1. The van der Waals surface area contributed by atoms with E-state index in [1.165, 1.54) is 24.3 Å². The third-order valence-electron chi connectivity index (χ3n) is 2.68. The molecule has 2 rings (SSSR count). The number of nitro benzene ring substituents is 1. The van der Waals surface area contributed by atoms with Crippen LogP contribution in [0.4, 0.5) is 5.69 Å². The van der Waals surface area contributed by atoms with E-state index in [0.717, 1.165) is 6.08 Å². The summed E-state index contributed by atoms with van der Waals surface area (Å²) in [6, 6.07) is 5.62. The highest BCUT2D eigenvalue weighted by molar-refractivity contribution is 6.02. The first-order valence-corrected chi connectivity index (χ1v) is 5.97. The smallest absolute Gasteiger partial charge is 0.326 e. The first kappa shape index (κ1) is 14.4. The minimum atomic E-state index is -0.912. The van der Waals surface area contributed by atoms with Crippen molar-refractivity contribution < 1.29 is 24.1 Å². The molecule has 108 valence electrons. The molecule has 0 unspecified atom stereocenters. The third-order valence-corrected chi connectivity index (χ3v) is 2.68. The van der Waals surface area contributed by atoms with Gasteiger partial charge in [0.15, 0.2) is 0 Å². The Kier molecular flexibility index (Phi) is 4.07. The second kappa shape index (κ2) is 5.95. The van der Waals surface area contributed by atoms with Crippen LogP contribution in [-0.4, -0.2) is 27.8 Å². The summed E-state index contributed by atoms with van der Waals surface area (Å²) in [5.41, 5.74) is 0.302. The number of hydroxylamine groups is 2. The lowest BCUT2D eigenvalue weighted by Crippen LogP contribution is -2.31. The van der Waals surface area contributed by atoms with E-state index in [1.54, 1.807) is 6.07 Å². The third kappa shape index (κ3) is 3.50. The predicted octanol–water partition coefficient (Wildman–Crippen LogP) is 1.22. The van der Waals surface area contributed by atoms with Gasteiger partial charge in [-0.15, -0.1) is 5.06 Å². The van der Waals surface area contributed by atoms with Gasteiger partial charge >= 0.3 is 5.97 Å². The van der Waals surface area contributed by atoms with Crippen LogP contribution in [0.25, 0.3) is 6.08 Å². The van der Waals surface area contributed by atoms with Crippen molar-refractivity contribution in [3.8, 4) is 0 Å². The van der Waals surface area contributed by atoms with Crippen molar-refractivity contribution in [2.24, 2.45) is 0 Å². The van der Waals surface area contributed by atoms with Gasteiger partial charge in [-0.05, 0) is 11.6 Å². The molecule has 0 saturated carbocycles. The topological polar surface area (TPSA) is 107 Å². The first-order valence-electron chi connectivity index (χ1n) is 5.97. The molecular formula is C13H10N2O6.